The molecule has 0 amide bonds. The SMILES string of the molecule is C=CC(C=CC(C)C1CN(CC)C(C(C)C(C)CCCC)N1)=CC(=C)C1CCCCCCC(C2CCC(CCC)C(C)C2)C2CCCCC12. The van der Waals surface area contributed by atoms with Crippen LogP contribution in [0.2, 0.25) is 0 Å². The normalized spacial score (nSPS) is 35.8. The fourth-order valence-electron chi connectivity index (χ4n) is 11.3. The van der Waals surface area contributed by atoms with Gasteiger partial charge in [-0.15, -0.1) is 0 Å². The quantitative estimate of drug-likeness (QED) is 0.174. The van der Waals surface area contributed by atoms with E-state index in [0.717, 1.165) is 54.5 Å². The van der Waals surface area contributed by atoms with Crippen LogP contribution in [-0.4, -0.2) is 30.2 Å². The summed E-state index contributed by atoms with van der Waals surface area (Å²) in [5, 5.41) is 4.09. The third-order valence-corrected chi connectivity index (χ3v) is 14.7. The second-order valence-corrected chi connectivity index (χ2v) is 17.9. The Morgan fingerprint density at radius 3 is 2.22 bits per heavy atom. The fraction of sp³-hybridized carbons (Fsp3) is 0.830. The Labute approximate surface area is 306 Å². The summed E-state index contributed by atoms with van der Waals surface area (Å²) in [5.74, 6) is 8.04. The Hall–Kier alpha value is -1.12. The van der Waals surface area contributed by atoms with Crippen LogP contribution in [0.15, 0.2) is 48.6 Å². The standard InChI is InChI=1S/C47H82N2/c1-10-14-22-34(5)38(9)47-48-46(33-49(47)13-4)35(6)27-28-39(12-3)31-37(8)42-23-17-15-16-18-24-43(45-26-20-19-25-44(42)45)41-30-29-40(21-11-2)36(7)32-41/h12,27-28,31,34-36,38,40-48H,3,8,10-11,13-26,29-30,32-33H2,1-2,4-7,9H3. The van der Waals surface area contributed by atoms with Crippen LogP contribution in [0.1, 0.15) is 164 Å². The minimum absolute atomic E-state index is 0.473. The molecule has 2 heteroatoms. The predicted molar refractivity (Wildman–Crippen MR) is 217 cm³/mol. The van der Waals surface area contributed by atoms with Gasteiger partial charge in [0.1, 0.15) is 0 Å². The van der Waals surface area contributed by atoms with Crippen LogP contribution >= 0.6 is 0 Å². The molecule has 2 nitrogen and oxygen atoms in total. The van der Waals surface area contributed by atoms with Crippen LogP contribution in [0.25, 0.3) is 0 Å². The van der Waals surface area contributed by atoms with Crippen molar-refractivity contribution in [2.75, 3.05) is 13.1 Å². The number of unbranched alkanes of at least 4 members (excludes halogenated alkanes) is 1. The lowest BCUT2D eigenvalue weighted by atomic mass is 9.58. The highest BCUT2D eigenvalue weighted by Crippen LogP contribution is 2.51. The Bertz CT molecular complexity index is 1040. The molecule has 1 N–H and O–H groups in total. The summed E-state index contributed by atoms with van der Waals surface area (Å²) in [7, 11) is 0. The summed E-state index contributed by atoms with van der Waals surface area (Å²) in [4.78, 5) is 2.69. The molecule has 0 aromatic rings. The van der Waals surface area contributed by atoms with Gasteiger partial charge < -0.3 is 0 Å². The van der Waals surface area contributed by atoms with Crippen molar-refractivity contribution in [2.45, 2.75) is 176 Å². The van der Waals surface area contributed by atoms with Crippen molar-refractivity contribution >= 4 is 0 Å². The summed E-state index contributed by atoms with van der Waals surface area (Å²) >= 11 is 0. The lowest BCUT2D eigenvalue weighted by Crippen LogP contribution is -2.44. The minimum atomic E-state index is 0.473. The molecule has 0 radical (unpaired) electrons. The van der Waals surface area contributed by atoms with Crippen LogP contribution in [0, 0.1) is 59.2 Å². The second kappa shape index (κ2) is 20.8. The molecular formula is C47H82N2. The lowest BCUT2D eigenvalue weighted by molar-refractivity contribution is 0.0366. The minimum Gasteiger partial charge on any atom is -0.297 e. The molecule has 1 heterocycles. The van der Waals surface area contributed by atoms with E-state index in [9.17, 15) is 0 Å². The highest BCUT2D eigenvalue weighted by Gasteiger charge is 2.42. The first kappa shape index (κ1) is 40.6. The molecule has 3 saturated carbocycles. The molecule has 1 aliphatic heterocycles. The average Bonchev–Trinajstić information content (AvgIpc) is 3.56. The molecule has 0 spiro atoms. The van der Waals surface area contributed by atoms with E-state index in [-0.39, 0.29) is 0 Å². The molecule has 49 heavy (non-hydrogen) atoms. The second-order valence-electron chi connectivity index (χ2n) is 17.9. The molecule has 12 atom stereocenters. The zero-order valence-electron chi connectivity index (χ0n) is 33.7. The number of rotatable bonds is 15. The molecule has 4 fully saturated rings. The van der Waals surface area contributed by atoms with E-state index in [2.05, 4.69) is 89.6 Å². The van der Waals surface area contributed by atoms with Crippen LogP contribution in [0.5, 0.6) is 0 Å². The highest BCUT2D eigenvalue weighted by molar-refractivity contribution is 5.37. The monoisotopic (exact) mass is 675 g/mol. The van der Waals surface area contributed by atoms with Gasteiger partial charge >= 0.3 is 0 Å². The van der Waals surface area contributed by atoms with Gasteiger partial charge in [0, 0.05) is 12.6 Å². The molecule has 4 rings (SSSR count). The molecular weight excluding hydrogens is 593 g/mol. The predicted octanol–water partition coefficient (Wildman–Crippen LogP) is 13.2. The van der Waals surface area contributed by atoms with E-state index in [4.69, 9.17) is 6.58 Å². The van der Waals surface area contributed by atoms with E-state index in [1.54, 1.807) is 0 Å². The van der Waals surface area contributed by atoms with Gasteiger partial charge in [0.15, 0.2) is 0 Å². The molecule has 12 unspecified atom stereocenters. The number of nitrogens with one attached hydrogen (secondary N) is 1. The number of allylic oxidation sites excluding steroid dienone is 5. The molecule has 0 aromatic heterocycles. The highest BCUT2D eigenvalue weighted by atomic mass is 15.3. The van der Waals surface area contributed by atoms with Crippen molar-refractivity contribution in [3.63, 3.8) is 0 Å². The number of hydrogen-bond acceptors (Lipinski definition) is 2. The van der Waals surface area contributed by atoms with Gasteiger partial charge in [-0.2, -0.15) is 0 Å². The number of nitrogens with zero attached hydrogens (tertiary/aromatic N) is 1. The first-order valence-corrected chi connectivity index (χ1v) is 21.9. The van der Waals surface area contributed by atoms with E-state index in [0.29, 0.717) is 30.0 Å². The fourth-order valence-corrected chi connectivity index (χ4v) is 11.3. The van der Waals surface area contributed by atoms with Crippen molar-refractivity contribution in [3.8, 4) is 0 Å². The maximum Gasteiger partial charge on any atom is 0.0629 e. The third kappa shape index (κ3) is 11.2. The van der Waals surface area contributed by atoms with Gasteiger partial charge in [-0.05, 0) is 116 Å². The number of fused-ring (bicyclic) bond motifs is 1. The largest absolute Gasteiger partial charge is 0.297 e. The van der Waals surface area contributed by atoms with Crippen LogP contribution in [-0.2, 0) is 0 Å². The molecule has 4 aliphatic rings. The van der Waals surface area contributed by atoms with Gasteiger partial charge in [0.25, 0.3) is 0 Å². The smallest absolute Gasteiger partial charge is 0.0629 e. The van der Waals surface area contributed by atoms with Gasteiger partial charge in [-0.3, -0.25) is 10.2 Å². The van der Waals surface area contributed by atoms with Gasteiger partial charge in [0.05, 0.1) is 6.17 Å². The number of likely N-dealkylation sites (N-methyl/N-ethyl adjacent to an activating group) is 1. The van der Waals surface area contributed by atoms with Crippen molar-refractivity contribution in [1.29, 1.82) is 0 Å². The zero-order chi connectivity index (χ0) is 35.3. The van der Waals surface area contributed by atoms with E-state index in [1.165, 1.54) is 127 Å². The van der Waals surface area contributed by atoms with Crippen molar-refractivity contribution in [1.82, 2.24) is 10.2 Å². The topological polar surface area (TPSA) is 15.3 Å². The Morgan fingerprint density at radius 2 is 1.55 bits per heavy atom. The van der Waals surface area contributed by atoms with Crippen LogP contribution < -0.4 is 5.32 Å². The summed E-state index contributed by atoms with van der Waals surface area (Å²) in [5.41, 5.74) is 2.65. The maximum absolute atomic E-state index is 4.88. The summed E-state index contributed by atoms with van der Waals surface area (Å²) in [6, 6.07) is 0.495. The molecule has 1 saturated heterocycles. The maximum atomic E-state index is 4.88. The zero-order valence-corrected chi connectivity index (χ0v) is 33.7. The third-order valence-electron chi connectivity index (χ3n) is 14.7. The van der Waals surface area contributed by atoms with E-state index >= 15 is 0 Å². The Morgan fingerprint density at radius 1 is 0.857 bits per heavy atom. The van der Waals surface area contributed by atoms with E-state index < -0.39 is 0 Å². The molecule has 0 bridgehead atoms. The van der Waals surface area contributed by atoms with Crippen molar-refractivity contribution in [3.05, 3.63) is 48.6 Å². The Kier molecular flexibility index (Phi) is 17.3. The van der Waals surface area contributed by atoms with Crippen molar-refractivity contribution < 1.29 is 0 Å². The van der Waals surface area contributed by atoms with E-state index in [1.807, 2.05) is 0 Å². The first-order chi connectivity index (χ1) is 23.7. The van der Waals surface area contributed by atoms with Gasteiger partial charge in [-0.1, -0.05) is 162 Å². The van der Waals surface area contributed by atoms with Gasteiger partial charge in [0.2, 0.25) is 0 Å². The molecule has 0 aromatic carbocycles. The van der Waals surface area contributed by atoms with Gasteiger partial charge in [-0.25, -0.2) is 0 Å². The summed E-state index contributed by atoms with van der Waals surface area (Å²) in [6.07, 6.45) is 35.4. The van der Waals surface area contributed by atoms with Crippen LogP contribution in [0.4, 0.5) is 0 Å². The molecule has 3 aliphatic carbocycles. The lowest BCUT2D eigenvalue weighted by Gasteiger charge is -2.47. The number of hydrogen-bond donors (Lipinski definition) is 1. The molecule has 280 valence electrons. The first-order valence-electron chi connectivity index (χ1n) is 21.9. The summed E-state index contributed by atoms with van der Waals surface area (Å²) < 4.78 is 0. The Balaban J connectivity index is 1.46. The van der Waals surface area contributed by atoms with Crippen LogP contribution in [0.3, 0.4) is 0 Å². The average molecular weight is 675 g/mol. The summed E-state index contributed by atoms with van der Waals surface area (Å²) in [6.45, 7) is 28.4. The van der Waals surface area contributed by atoms with Crippen molar-refractivity contribution in [2.24, 2.45) is 59.2 Å².